The van der Waals surface area contributed by atoms with E-state index in [1.54, 1.807) is 4.68 Å². The lowest BCUT2D eigenvalue weighted by Gasteiger charge is -2.09. The summed E-state index contributed by atoms with van der Waals surface area (Å²) < 4.78 is 6.88. The van der Waals surface area contributed by atoms with Gasteiger partial charge in [0, 0.05) is 11.6 Å². The SMILES string of the molecule is Cc1cc(C)c(-c2cc(NC(=O)COC(=O)[C@@H]3C[C@@H]3C)n(-c3ccccc3)n2)cc1C. The van der Waals surface area contributed by atoms with Crippen LogP contribution in [0.3, 0.4) is 0 Å². The van der Waals surface area contributed by atoms with E-state index < -0.39 is 0 Å². The van der Waals surface area contributed by atoms with Gasteiger partial charge in [0.25, 0.3) is 5.91 Å². The summed E-state index contributed by atoms with van der Waals surface area (Å²) in [6.45, 7) is 7.91. The first-order valence-corrected chi connectivity index (χ1v) is 10.5. The molecule has 0 aliphatic heterocycles. The fourth-order valence-corrected chi connectivity index (χ4v) is 3.68. The van der Waals surface area contributed by atoms with Crippen molar-refractivity contribution in [2.45, 2.75) is 34.1 Å². The van der Waals surface area contributed by atoms with Gasteiger partial charge in [-0.05, 0) is 68.0 Å². The van der Waals surface area contributed by atoms with Crippen molar-refractivity contribution < 1.29 is 14.3 Å². The zero-order chi connectivity index (χ0) is 22.1. The number of para-hydroxylation sites is 1. The van der Waals surface area contributed by atoms with E-state index in [2.05, 4.69) is 38.2 Å². The molecule has 3 aromatic rings. The smallest absolute Gasteiger partial charge is 0.309 e. The Morgan fingerprint density at radius 3 is 2.42 bits per heavy atom. The number of esters is 1. The van der Waals surface area contributed by atoms with Crippen LogP contribution in [0.25, 0.3) is 16.9 Å². The van der Waals surface area contributed by atoms with Gasteiger partial charge in [0.15, 0.2) is 6.61 Å². The normalized spacial score (nSPS) is 17.3. The van der Waals surface area contributed by atoms with E-state index in [4.69, 9.17) is 9.84 Å². The van der Waals surface area contributed by atoms with Gasteiger partial charge < -0.3 is 10.1 Å². The summed E-state index contributed by atoms with van der Waals surface area (Å²) in [5.74, 6) is 0.119. The molecule has 1 saturated carbocycles. The van der Waals surface area contributed by atoms with Crippen LogP contribution >= 0.6 is 0 Å². The Bertz CT molecular complexity index is 1130. The van der Waals surface area contributed by atoms with Crippen molar-refractivity contribution in [3.8, 4) is 16.9 Å². The number of benzene rings is 2. The molecule has 4 rings (SSSR count). The van der Waals surface area contributed by atoms with E-state index in [-0.39, 0.29) is 24.4 Å². The van der Waals surface area contributed by atoms with Crippen LogP contribution in [0.4, 0.5) is 5.82 Å². The van der Waals surface area contributed by atoms with Gasteiger partial charge in [0.2, 0.25) is 0 Å². The van der Waals surface area contributed by atoms with Crippen LogP contribution in [0, 0.1) is 32.6 Å². The number of aromatic nitrogens is 2. The fraction of sp³-hybridized carbons (Fsp3) is 0.320. The monoisotopic (exact) mass is 417 g/mol. The highest BCUT2D eigenvalue weighted by molar-refractivity contribution is 5.93. The first-order valence-electron chi connectivity index (χ1n) is 10.5. The standard InChI is InChI=1S/C25H27N3O3/c1-15-10-17(3)20(11-16(15)2)22-13-23(28(27-22)19-8-6-5-7-9-19)26-24(29)14-31-25(30)21-12-18(21)4/h5-11,13,18,21H,12,14H2,1-4H3,(H,26,29)/t18-,21+/m0/s1. The molecule has 2 atom stereocenters. The van der Waals surface area contributed by atoms with Crippen molar-refractivity contribution >= 4 is 17.7 Å². The molecule has 0 unspecified atom stereocenters. The Morgan fingerprint density at radius 1 is 1.06 bits per heavy atom. The van der Waals surface area contributed by atoms with Crippen LogP contribution < -0.4 is 5.32 Å². The van der Waals surface area contributed by atoms with Gasteiger partial charge in [-0.3, -0.25) is 9.59 Å². The Balaban J connectivity index is 1.61. The number of rotatable bonds is 6. The molecule has 0 saturated heterocycles. The molecule has 6 nitrogen and oxygen atoms in total. The molecule has 1 aromatic heterocycles. The van der Waals surface area contributed by atoms with E-state index in [1.807, 2.05) is 43.3 Å². The van der Waals surface area contributed by atoms with E-state index in [1.165, 1.54) is 11.1 Å². The van der Waals surface area contributed by atoms with Crippen LogP contribution in [0.5, 0.6) is 0 Å². The van der Waals surface area contributed by atoms with Crippen LogP contribution in [0.2, 0.25) is 0 Å². The highest BCUT2D eigenvalue weighted by Gasteiger charge is 2.40. The third-order valence-corrected chi connectivity index (χ3v) is 5.85. The molecule has 1 fully saturated rings. The Hall–Kier alpha value is -3.41. The zero-order valence-electron chi connectivity index (χ0n) is 18.3. The molecule has 6 heteroatoms. The maximum Gasteiger partial charge on any atom is 0.309 e. The lowest BCUT2D eigenvalue weighted by atomic mass is 9.99. The van der Waals surface area contributed by atoms with Crippen molar-refractivity contribution in [3.63, 3.8) is 0 Å². The van der Waals surface area contributed by atoms with Gasteiger partial charge in [-0.1, -0.05) is 31.2 Å². The maximum absolute atomic E-state index is 12.5. The van der Waals surface area contributed by atoms with Gasteiger partial charge >= 0.3 is 5.97 Å². The number of nitrogens with zero attached hydrogens (tertiary/aromatic N) is 2. The number of nitrogens with one attached hydrogen (secondary N) is 1. The summed E-state index contributed by atoms with van der Waals surface area (Å²) in [6.07, 6.45) is 0.833. The molecule has 1 aliphatic rings. The van der Waals surface area contributed by atoms with E-state index >= 15 is 0 Å². The quantitative estimate of drug-likeness (QED) is 0.595. The second-order valence-electron chi connectivity index (χ2n) is 8.39. The minimum atomic E-state index is -0.387. The second-order valence-corrected chi connectivity index (χ2v) is 8.39. The third kappa shape index (κ3) is 4.53. The topological polar surface area (TPSA) is 73.2 Å². The van der Waals surface area contributed by atoms with Crippen molar-refractivity contribution in [3.05, 3.63) is 65.2 Å². The molecule has 1 amide bonds. The van der Waals surface area contributed by atoms with Gasteiger partial charge in [0.1, 0.15) is 5.82 Å². The molecule has 1 N–H and O–H groups in total. The summed E-state index contributed by atoms with van der Waals surface area (Å²) in [4.78, 5) is 24.4. The van der Waals surface area contributed by atoms with Gasteiger partial charge in [-0.15, -0.1) is 0 Å². The number of carbonyl (C=O) groups excluding carboxylic acids is 2. The summed E-state index contributed by atoms with van der Waals surface area (Å²) >= 11 is 0. The Labute approximate surface area is 182 Å². The minimum Gasteiger partial charge on any atom is -0.455 e. The number of hydrogen-bond donors (Lipinski definition) is 1. The highest BCUT2D eigenvalue weighted by atomic mass is 16.5. The number of amides is 1. The van der Waals surface area contributed by atoms with E-state index in [0.717, 1.165) is 28.9 Å². The molecule has 1 aliphatic carbocycles. The number of ether oxygens (including phenoxy) is 1. The van der Waals surface area contributed by atoms with Crippen molar-refractivity contribution in [2.24, 2.45) is 11.8 Å². The summed E-state index contributed by atoms with van der Waals surface area (Å²) in [5, 5.41) is 7.63. The molecule has 0 radical (unpaired) electrons. The lowest BCUT2D eigenvalue weighted by Crippen LogP contribution is -2.23. The highest BCUT2D eigenvalue weighted by Crippen LogP contribution is 2.38. The Kier molecular flexibility index (Phi) is 5.63. The molecule has 0 bridgehead atoms. The van der Waals surface area contributed by atoms with Crippen molar-refractivity contribution in [1.82, 2.24) is 9.78 Å². The maximum atomic E-state index is 12.5. The molecular weight excluding hydrogens is 390 g/mol. The predicted octanol–water partition coefficient (Wildman–Crippen LogP) is 4.60. The molecule has 31 heavy (non-hydrogen) atoms. The van der Waals surface area contributed by atoms with Crippen LogP contribution in [-0.2, 0) is 14.3 Å². The first kappa shape index (κ1) is 20.8. The van der Waals surface area contributed by atoms with E-state index in [9.17, 15) is 9.59 Å². The number of aryl methyl sites for hydroxylation is 3. The van der Waals surface area contributed by atoms with Gasteiger partial charge in [0.05, 0.1) is 17.3 Å². The van der Waals surface area contributed by atoms with Crippen molar-refractivity contribution in [2.75, 3.05) is 11.9 Å². The number of hydrogen-bond acceptors (Lipinski definition) is 4. The Morgan fingerprint density at radius 2 is 1.74 bits per heavy atom. The molecule has 2 aromatic carbocycles. The fourth-order valence-electron chi connectivity index (χ4n) is 3.68. The zero-order valence-corrected chi connectivity index (χ0v) is 18.3. The summed E-state index contributed by atoms with van der Waals surface area (Å²) in [6, 6.07) is 15.7. The predicted molar refractivity (Wildman–Crippen MR) is 120 cm³/mol. The van der Waals surface area contributed by atoms with Crippen LogP contribution in [0.1, 0.15) is 30.0 Å². The first-order chi connectivity index (χ1) is 14.8. The second kappa shape index (κ2) is 8.38. The van der Waals surface area contributed by atoms with Crippen molar-refractivity contribution in [1.29, 1.82) is 0 Å². The average Bonchev–Trinajstić information content (AvgIpc) is 3.34. The van der Waals surface area contributed by atoms with Crippen LogP contribution in [0.15, 0.2) is 48.5 Å². The lowest BCUT2D eigenvalue weighted by molar-refractivity contribution is -0.148. The molecule has 1 heterocycles. The van der Waals surface area contributed by atoms with Gasteiger partial charge in [-0.25, -0.2) is 4.68 Å². The van der Waals surface area contributed by atoms with E-state index in [0.29, 0.717) is 11.7 Å². The molecular formula is C25H27N3O3. The number of anilines is 1. The van der Waals surface area contributed by atoms with Crippen LogP contribution in [-0.4, -0.2) is 28.3 Å². The largest absolute Gasteiger partial charge is 0.455 e. The molecule has 0 spiro atoms. The summed E-state index contributed by atoms with van der Waals surface area (Å²) in [7, 11) is 0. The third-order valence-electron chi connectivity index (χ3n) is 5.85. The van der Waals surface area contributed by atoms with Gasteiger partial charge in [-0.2, -0.15) is 5.10 Å². The summed E-state index contributed by atoms with van der Waals surface area (Å²) in [5.41, 5.74) is 6.14. The average molecular weight is 418 g/mol. The molecule has 160 valence electrons. The minimum absolute atomic E-state index is 0.0676. The number of carbonyl (C=O) groups is 2.